The number of nitrogens with one attached hydrogen (secondary N) is 2. The first-order valence-electron chi connectivity index (χ1n) is 12.0. The van der Waals surface area contributed by atoms with Crippen LogP contribution in [0.15, 0.2) is 46.8 Å². The van der Waals surface area contributed by atoms with Gasteiger partial charge in [-0.3, -0.25) is 14.5 Å². The molecule has 2 aromatic rings. The van der Waals surface area contributed by atoms with E-state index in [9.17, 15) is 32.7 Å². The summed E-state index contributed by atoms with van der Waals surface area (Å²) in [5, 5.41) is 34.9. The Kier molecular flexibility index (Phi) is 8.73. The smallest absolute Gasteiger partial charge is 0.477 e. The molecule has 4 heterocycles. The summed E-state index contributed by atoms with van der Waals surface area (Å²) >= 11 is 1.27. The number of β-lactam (4-membered cyclic amide) rings is 1. The van der Waals surface area contributed by atoms with E-state index in [0.717, 1.165) is 12.0 Å². The minimum Gasteiger partial charge on any atom is -0.477 e. The van der Waals surface area contributed by atoms with E-state index in [2.05, 4.69) is 26.2 Å². The molecule has 1 aromatic carbocycles. The van der Waals surface area contributed by atoms with Gasteiger partial charge in [-0.25, -0.2) is 14.3 Å². The second-order valence-corrected chi connectivity index (χ2v) is 10.0. The summed E-state index contributed by atoms with van der Waals surface area (Å²) in [6.45, 7) is 1.17. The maximum atomic E-state index is 12.4. The van der Waals surface area contributed by atoms with E-state index in [1.165, 1.54) is 21.3 Å². The Balaban J connectivity index is 0.000000470. The second kappa shape index (κ2) is 12.0. The quantitative estimate of drug-likeness (QED) is 0.236. The van der Waals surface area contributed by atoms with Crippen LogP contribution in [-0.2, 0) is 32.1 Å². The summed E-state index contributed by atoms with van der Waals surface area (Å²) in [5.74, 6) is -3.71. The van der Waals surface area contributed by atoms with Crippen LogP contribution in [0.2, 0.25) is 0 Å². The highest BCUT2D eigenvalue weighted by Gasteiger charge is 2.59. The van der Waals surface area contributed by atoms with Crippen molar-refractivity contribution in [3.63, 3.8) is 0 Å². The second-order valence-electron chi connectivity index (χ2n) is 9.10. The zero-order chi connectivity index (χ0) is 29.0. The number of carbonyl (C=O) groups is 4. The lowest BCUT2D eigenvalue weighted by Gasteiger charge is -2.48. The molecular weight excluding hydrogens is 559 g/mol. The van der Waals surface area contributed by atoms with Gasteiger partial charge in [-0.2, -0.15) is 13.2 Å². The van der Waals surface area contributed by atoms with Crippen LogP contribution in [0.5, 0.6) is 0 Å². The number of benzene rings is 1. The van der Waals surface area contributed by atoms with Gasteiger partial charge in [0.05, 0.1) is 6.04 Å². The van der Waals surface area contributed by atoms with Crippen molar-refractivity contribution in [3.05, 3.63) is 47.2 Å². The van der Waals surface area contributed by atoms with Crippen LogP contribution in [0, 0.1) is 5.92 Å². The zero-order valence-electron chi connectivity index (χ0n) is 20.7. The van der Waals surface area contributed by atoms with Crippen molar-refractivity contribution in [1.29, 1.82) is 0 Å². The molecule has 4 N–H and O–H groups in total. The summed E-state index contributed by atoms with van der Waals surface area (Å²) in [6.07, 6.45) is -3.75. The Labute approximate surface area is 228 Å². The van der Waals surface area contributed by atoms with Gasteiger partial charge in [0, 0.05) is 18.8 Å². The number of aliphatic carboxylic acids is 2. The molecule has 0 saturated carbocycles. The van der Waals surface area contributed by atoms with Crippen molar-refractivity contribution in [2.45, 2.75) is 42.8 Å². The first-order valence-corrected chi connectivity index (χ1v) is 13.0. The van der Waals surface area contributed by atoms with Crippen molar-refractivity contribution >= 4 is 35.5 Å². The van der Waals surface area contributed by atoms with Gasteiger partial charge in [-0.1, -0.05) is 42.1 Å². The van der Waals surface area contributed by atoms with Gasteiger partial charge in [0.25, 0.3) is 0 Å². The fraction of sp³-hybridized carbons (Fsp3) is 0.435. The highest BCUT2D eigenvalue weighted by atomic mass is 32.2. The summed E-state index contributed by atoms with van der Waals surface area (Å²) in [5.41, 5.74) is 1.90. The van der Waals surface area contributed by atoms with E-state index in [4.69, 9.17) is 9.90 Å². The Morgan fingerprint density at radius 1 is 1.18 bits per heavy atom. The Morgan fingerprint density at radius 3 is 2.52 bits per heavy atom. The third-order valence-corrected chi connectivity index (χ3v) is 7.55. The Hall–Kier alpha value is -3.99. The third-order valence-electron chi connectivity index (χ3n) is 6.50. The summed E-state index contributed by atoms with van der Waals surface area (Å²) in [6, 6.07) is 9.55. The van der Waals surface area contributed by atoms with E-state index in [-0.39, 0.29) is 42.1 Å². The number of amides is 2. The molecule has 0 spiro atoms. The normalized spacial score (nSPS) is 21.2. The fourth-order valence-electron chi connectivity index (χ4n) is 4.75. The monoisotopic (exact) mass is 583 g/mol. The average Bonchev–Trinajstić information content (AvgIpc) is 3.51. The molecule has 214 valence electrons. The van der Waals surface area contributed by atoms with Gasteiger partial charge in [-0.05, 0) is 40.3 Å². The van der Waals surface area contributed by atoms with E-state index in [1.54, 1.807) is 0 Å². The van der Waals surface area contributed by atoms with E-state index in [1.807, 2.05) is 30.3 Å². The lowest BCUT2D eigenvalue weighted by Crippen LogP contribution is -2.68. The fourth-order valence-corrected chi connectivity index (χ4v) is 5.65. The maximum absolute atomic E-state index is 12.4. The molecule has 13 nitrogen and oxygen atoms in total. The van der Waals surface area contributed by atoms with Crippen LogP contribution >= 0.6 is 11.8 Å². The van der Waals surface area contributed by atoms with E-state index < -0.39 is 18.1 Å². The molecule has 5 rings (SSSR count). The number of aromatic nitrogens is 4. The SMILES string of the molecule is O=C(Cn1nnnc1SCC1=C(C(=O)O)N2C(=O)[C@H]3NC[C@@H](C1)[C@H]32)NCCc1ccccc1.O=C(O)C(F)(F)F. The molecule has 3 aliphatic heterocycles. The predicted molar refractivity (Wildman–Crippen MR) is 131 cm³/mol. The number of hydrogen-bond acceptors (Lipinski definition) is 9. The lowest BCUT2D eigenvalue weighted by molar-refractivity contribution is -0.192. The number of halogens is 3. The molecule has 2 saturated heterocycles. The topological polar surface area (TPSA) is 180 Å². The number of nitrogens with zero attached hydrogens (tertiary/aromatic N) is 5. The van der Waals surface area contributed by atoms with Crippen molar-refractivity contribution in [1.82, 2.24) is 35.7 Å². The number of rotatable bonds is 9. The number of carboxylic acid groups (broad SMARTS) is 2. The van der Waals surface area contributed by atoms with Crippen LogP contribution in [0.4, 0.5) is 13.2 Å². The van der Waals surface area contributed by atoms with Crippen molar-refractivity contribution in [3.8, 4) is 0 Å². The van der Waals surface area contributed by atoms with E-state index in [0.29, 0.717) is 36.0 Å². The van der Waals surface area contributed by atoms with Gasteiger partial charge in [0.1, 0.15) is 18.3 Å². The van der Waals surface area contributed by atoms with Gasteiger partial charge >= 0.3 is 18.1 Å². The molecule has 1 aromatic heterocycles. The van der Waals surface area contributed by atoms with Crippen molar-refractivity contribution in [2.24, 2.45) is 5.92 Å². The average molecular weight is 584 g/mol. The van der Waals surface area contributed by atoms with Crippen LogP contribution < -0.4 is 10.6 Å². The minimum absolute atomic E-state index is 0.0319. The van der Waals surface area contributed by atoms with Crippen LogP contribution in [0.1, 0.15) is 12.0 Å². The van der Waals surface area contributed by atoms with Gasteiger partial charge in [0.15, 0.2) is 0 Å². The number of hydrogen-bond donors (Lipinski definition) is 4. The van der Waals surface area contributed by atoms with Crippen LogP contribution in [0.25, 0.3) is 0 Å². The van der Waals surface area contributed by atoms with Crippen molar-refractivity contribution < 1.29 is 42.6 Å². The molecular formula is C23H24F3N7O6S. The standard InChI is InChI=1S/C21H23N7O4S.C2HF3O2/c29-15(22-7-6-12-4-2-1-3-5-12)10-27-21(24-25-26-27)33-11-14-8-13-9-23-16-17(13)28(19(16)30)18(14)20(31)32;3-2(4,5)1(6)7/h1-5,13,16-17,23H,6-11H2,(H,22,29)(H,31,32);(H,6,7)/t13-,16+,17-;/m1./s1. The van der Waals surface area contributed by atoms with Crippen LogP contribution in [0.3, 0.4) is 0 Å². The number of carbonyl (C=O) groups excluding carboxylic acids is 2. The summed E-state index contributed by atoms with van der Waals surface area (Å²) in [7, 11) is 0. The zero-order valence-corrected chi connectivity index (χ0v) is 21.5. The van der Waals surface area contributed by atoms with E-state index >= 15 is 0 Å². The molecule has 3 atom stereocenters. The Bertz CT molecular complexity index is 1320. The largest absolute Gasteiger partial charge is 0.490 e. The number of alkyl halides is 3. The molecule has 0 bridgehead atoms. The molecule has 40 heavy (non-hydrogen) atoms. The number of tetrazole rings is 1. The van der Waals surface area contributed by atoms with Gasteiger partial charge < -0.3 is 20.8 Å². The molecule has 2 fully saturated rings. The molecule has 0 unspecified atom stereocenters. The molecule has 2 amide bonds. The van der Waals surface area contributed by atoms with Crippen molar-refractivity contribution in [2.75, 3.05) is 18.8 Å². The number of thioether (sulfide) groups is 1. The Morgan fingerprint density at radius 2 is 1.88 bits per heavy atom. The molecule has 0 aliphatic carbocycles. The number of carboxylic acids is 2. The third kappa shape index (κ3) is 6.41. The van der Waals surface area contributed by atoms with Gasteiger partial charge in [-0.15, -0.1) is 5.10 Å². The summed E-state index contributed by atoms with van der Waals surface area (Å²) in [4.78, 5) is 47.0. The molecule has 3 aliphatic rings. The molecule has 0 radical (unpaired) electrons. The van der Waals surface area contributed by atoms with Crippen LogP contribution in [-0.4, -0.2) is 96.2 Å². The lowest BCUT2D eigenvalue weighted by atomic mass is 9.80. The first kappa shape index (κ1) is 29.0. The molecule has 17 heteroatoms. The highest BCUT2D eigenvalue weighted by molar-refractivity contribution is 7.99. The predicted octanol–water partition coefficient (Wildman–Crippen LogP) is 0.299. The highest BCUT2D eigenvalue weighted by Crippen LogP contribution is 2.44. The first-order chi connectivity index (χ1) is 19.0. The van der Waals surface area contributed by atoms with Gasteiger partial charge in [0.2, 0.25) is 17.0 Å². The maximum Gasteiger partial charge on any atom is 0.490 e. The summed E-state index contributed by atoms with van der Waals surface area (Å²) < 4.78 is 33.1. The minimum atomic E-state index is -5.08.